The molecule has 13 heavy (non-hydrogen) atoms. The number of unbranched alkanes of at least 4 members (excludes halogenated alkanes) is 1. The number of allylic oxidation sites excluding steroid dienone is 1. The van der Waals surface area contributed by atoms with E-state index in [1.54, 1.807) is 5.92 Å². The Balaban J connectivity index is 4.34. The molecule has 0 nitrogen and oxygen atoms in total. The van der Waals surface area contributed by atoms with Crippen LogP contribution in [0.25, 0.3) is 0 Å². The Labute approximate surface area is 84.4 Å². The van der Waals surface area contributed by atoms with Gasteiger partial charge in [0.15, 0.2) is 0 Å². The van der Waals surface area contributed by atoms with Crippen LogP contribution in [0.1, 0.15) is 59.8 Å². The number of hydrogen-bond donors (Lipinski definition) is 0. The van der Waals surface area contributed by atoms with Crippen LogP contribution < -0.4 is 0 Å². The maximum absolute atomic E-state index is 3.87. The molecule has 0 bridgehead atoms. The van der Waals surface area contributed by atoms with Crippen molar-refractivity contribution in [1.29, 1.82) is 0 Å². The zero-order valence-corrected chi connectivity index (χ0v) is 9.82. The van der Waals surface area contributed by atoms with Gasteiger partial charge in [0.25, 0.3) is 0 Å². The molecular formula is C13H25. The summed E-state index contributed by atoms with van der Waals surface area (Å²) < 4.78 is 0. The minimum Gasteiger partial charge on any atom is -0.103 e. The number of hydrogen-bond acceptors (Lipinski definition) is 0. The maximum Gasteiger partial charge on any atom is -0.0209 e. The zero-order chi connectivity index (χ0) is 10.3. The lowest BCUT2D eigenvalue weighted by atomic mass is 9.69. The third kappa shape index (κ3) is 3.54. The van der Waals surface area contributed by atoms with Gasteiger partial charge in [0.1, 0.15) is 0 Å². The smallest absolute Gasteiger partial charge is 0.0209 e. The molecule has 77 valence electrons. The van der Waals surface area contributed by atoms with E-state index in [2.05, 4.69) is 40.3 Å². The van der Waals surface area contributed by atoms with E-state index < -0.39 is 0 Å². The van der Waals surface area contributed by atoms with Gasteiger partial charge < -0.3 is 0 Å². The molecule has 0 heterocycles. The molecular weight excluding hydrogens is 156 g/mol. The predicted molar refractivity (Wildman–Crippen MR) is 61.7 cm³/mol. The first kappa shape index (κ1) is 12.7. The highest BCUT2D eigenvalue weighted by atomic mass is 14.3. The molecule has 0 aromatic carbocycles. The maximum atomic E-state index is 3.87. The molecule has 1 unspecified atom stereocenters. The molecule has 0 aliphatic heterocycles. The van der Waals surface area contributed by atoms with Gasteiger partial charge in [0, 0.05) is 0 Å². The van der Waals surface area contributed by atoms with E-state index in [1.165, 1.54) is 25.7 Å². The van der Waals surface area contributed by atoms with Crippen LogP contribution in [-0.2, 0) is 0 Å². The van der Waals surface area contributed by atoms with Crippen molar-refractivity contribution in [2.24, 2.45) is 5.41 Å². The van der Waals surface area contributed by atoms with Gasteiger partial charge >= 0.3 is 0 Å². The molecule has 0 fully saturated rings. The van der Waals surface area contributed by atoms with E-state index in [0.717, 1.165) is 6.42 Å². The van der Waals surface area contributed by atoms with E-state index in [0.29, 0.717) is 5.41 Å². The molecule has 0 saturated heterocycles. The Morgan fingerprint density at radius 3 is 2.23 bits per heavy atom. The largest absolute Gasteiger partial charge is 0.103 e. The Morgan fingerprint density at radius 1 is 1.31 bits per heavy atom. The second-order valence-electron chi connectivity index (χ2n) is 4.23. The van der Waals surface area contributed by atoms with Crippen LogP contribution >= 0.6 is 0 Å². The van der Waals surface area contributed by atoms with Crippen molar-refractivity contribution in [3.63, 3.8) is 0 Å². The highest BCUT2D eigenvalue weighted by Gasteiger charge is 2.29. The summed E-state index contributed by atoms with van der Waals surface area (Å²) in [6.07, 6.45) is 8.44. The molecule has 0 spiro atoms. The van der Waals surface area contributed by atoms with Gasteiger partial charge in [0.05, 0.1) is 0 Å². The highest BCUT2D eigenvalue weighted by Crippen LogP contribution is 2.41. The quantitative estimate of drug-likeness (QED) is 0.497. The third-order valence-corrected chi connectivity index (χ3v) is 3.28. The lowest BCUT2D eigenvalue weighted by Gasteiger charge is -2.36. The van der Waals surface area contributed by atoms with Gasteiger partial charge in [-0.25, -0.2) is 0 Å². The lowest BCUT2D eigenvalue weighted by molar-refractivity contribution is 0.266. The van der Waals surface area contributed by atoms with Gasteiger partial charge in [0.2, 0.25) is 0 Å². The summed E-state index contributed by atoms with van der Waals surface area (Å²) in [5.41, 5.74) is 0.442. The first-order chi connectivity index (χ1) is 6.13. The summed E-state index contributed by atoms with van der Waals surface area (Å²) in [5, 5.41) is 0. The van der Waals surface area contributed by atoms with Crippen molar-refractivity contribution < 1.29 is 0 Å². The van der Waals surface area contributed by atoms with E-state index in [9.17, 15) is 0 Å². The summed E-state index contributed by atoms with van der Waals surface area (Å²) in [6.45, 7) is 13.0. The summed E-state index contributed by atoms with van der Waals surface area (Å²) in [7, 11) is 0. The van der Waals surface area contributed by atoms with Gasteiger partial charge in [-0.1, -0.05) is 46.6 Å². The number of rotatable bonds is 7. The van der Waals surface area contributed by atoms with Crippen LogP contribution in [0.4, 0.5) is 0 Å². The first-order valence-electron chi connectivity index (χ1n) is 5.54. The standard InChI is InChI=1S/C13H25/c1-6-9-11-13(8-3,10-7-2)12(4)5/h7H,2,6,8-11H2,1,3-5H3. The SMILES string of the molecule is C=CCC(CC)(CCCC)[C](C)C. The molecule has 0 amide bonds. The predicted octanol–water partition coefficient (Wildman–Crippen LogP) is 4.76. The molecule has 0 aliphatic carbocycles. The molecule has 0 aromatic rings. The molecule has 0 heteroatoms. The van der Waals surface area contributed by atoms with Crippen molar-refractivity contribution >= 4 is 0 Å². The van der Waals surface area contributed by atoms with Crippen LogP contribution in [0.5, 0.6) is 0 Å². The second kappa shape index (κ2) is 6.23. The second-order valence-corrected chi connectivity index (χ2v) is 4.23. The average Bonchev–Trinajstić information content (AvgIpc) is 2.12. The fourth-order valence-corrected chi connectivity index (χ4v) is 2.02. The third-order valence-electron chi connectivity index (χ3n) is 3.28. The van der Waals surface area contributed by atoms with E-state index in [-0.39, 0.29) is 0 Å². The molecule has 0 aliphatic rings. The normalized spacial score (nSPS) is 15.8. The zero-order valence-electron chi connectivity index (χ0n) is 9.82. The summed E-state index contributed by atoms with van der Waals surface area (Å²) in [5.74, 6) is 1.57. The van der Waals surface area contributed by atoms with Crippen LogP contribution in [-0.4, -0.2) is 0 Å². The Morgan fingerprint density at radius 2 is 1.92 bits per heavy atom. The topological polar surface area (TPSA) is 0 Å². The summed E-state index contributed by atoms with van der Waals surface area (Å²) in [6, 6.07) is 0. The molecule has 1 radical (unpaired) electrons. The molecule has 0 rings (SSSR count). The Bertz CT molecular complexity index is 135. The minimum absolute atomic E-state index is 0.442. The Kier molecular flexibility index (Phi) is 6.11. The highest BCUT2D eigenvalue weighted by molar-refractivity contribution is 5.02. The molecule has 0 N–H and O–H groups in total. The lowest BCUT2D eigenvalue weighted by Crippen LogP contribution is -2.24. The van der Waals surface area contributed by atoms with Crippen molar-refractivity contribution in [3.05, 3.63) is 18.6 Å². The van der Waals surface area contributed by atoms with Crippen molar-refractivity contribution in [1.82, 2.24) is 0 Å². The summed E-state index contributed by atoms with van der Waals surface area (Å²) in [4.78, 5) is 0. The van der Waals surface area contributed by atoms with Crippen LogP contribution in [0.3, 0.4) is 0 Å². The first-order valence-corrected chi connectivity index (χ1v) is 5.54. The molecule has 0 saturated carbocycles. The van der Waals surface area contributed by atoms with Crippen LogP contribution in [0, 0.1) is 11.3 Å². The van der Waals surface area contributed by atoms with E-state index >= 15 is 0 Å². The van der Waals surface area contributed by atoms with Crippen molar-refractivity contribution in [2.45, 2.75) is 59.8 Å². The minimum atomic E-state index is 0.442. The van der Waals surface area contributed by atoms with Crippen LogP contribution in [0.2, 0.25) is 0 Å². The monoisotopic (exact) mass is 181 g/mol. The van der Waals surface area contributed by atoms with Crippen molar-refractivity contribution in [2.75, 3.05) is 0 Å². The van der Waals surface area contributed by atoms with Crippen LogP contribution in [0.15, 0.2) is 12.7 Å². The fourth-order valence-electron chi connectivity index (χ4n) is 2.02. The Hall–Kier alpha value is -0.260. The average molecular weight is 181 g/mol. The van der Waals surface area contributed by atoms with Gasteiger partial charge in [-0.05, 0) is 30.6 Å². The van der Waals surface area contributed by atoms with Gasteiger partial charge in [-0.2, -0.15) is 0 Å². The molecule has 0 aromatic heterocycles. The molecule has 1 atom stereocenters. The van der Waals surface area contributed by atoms with Gasteiger partial charge in [-0.3, -0.25) is 0 Å². The van der Waals surface area contributed by atoms with Gasteiger partial charge in [-0.15, -0.1) is 6.58 Å². The van der Waals surface area contributed by atoms with Crippen molar-refractivity contribution in [3.8, 4) is 0 Å². The summed E-state index contributed by atoms with van der Waals surface area (Å²) >= 11 is 0. The fraction of sp³-hybridized carbons (Fsp3) is 0.769. The van der Waals surface area contributed by atoms with E-state index in [1.807, 2.05) is 0 Å². The van der Waals surface area contributed by atoms with E-state index in [4.69, 9.17) is 0 Å².